The Hall–Kier alpha value is -2.00. The summed E-state index contributed by atoms with van der Waals surface area (Å²) in [5, 5.41) is 11.3. The highest BCUT2D eigenvalue weighted by Crippen LogP contribution is 2.32. The molecule has 0 spiro atoms. The van der Waals surface area contributed by atoms with Crippen molar-refractivity contribution in [2.24, 2.45) is 0 Å². The number of para-hydroxylation sites is 1. The highest BCUT2D eigenvalue weighted by atomic mass is 32.2. The van der Waals surface area contributed by atoms with Gasteiger partial charge in [0.25, 0.3) is 15.7 Å². The van der Waals surface area contributed by atoms with Crippen molar-refractivity contribution in [3.05, 3.63) is 34.4 Å². The quantitative estimate of drug-likeness (QED) is 0.576. The van der Waals surface area contributed by atoms with Gasteiger partial charge < -0.3 is 4.90 Å². The van der Waals surface area contributed by atoms with E-state index in [0.717, 1.165) is 25.7 Å². The second-order valence-electron chi connectivity index (χ2n) is 7.23. The van der Waals surface area contributed by atoms with Gasteiger partial charge in [-0.25, -0.2) is 8.42 Å². The first-order chi connectivity index (χ1) is 12.8. The van der Waals surface area contributed by atoms with Gasteiger partial charge >= 0.3 is 0 Å². The number of rotatable bonds is 4. The summed E-state index contributed by atoms with van der Waals surface area (Å²) in [5.41, 5.74) is -0.458. The summed E-state index contributed by atoms with van der Waals surface area (Å²) in [5.74, 6) is -0.177. The molecule has 27 heavy (non-hydrogen) atoms. The molecule has 0 saturated carbocycles. The van der Waals surface area contributed by atoms with Gasteiger partial charge in [-0.2, -0.15) is 4.31 Å². The van der Waals surface area contributed by atoms with Gasteiger partial charge in [0.05, 0.1) is 4.92 Å². The van der Waals surface area contributed by atoms with E-state index in [4.69, 9.17) is 0 Å². The largest absolute Gasteiger partial charge is 0.339 e. The third-order valence-electron chi connectivity index (χ3n) is 5.47. The lowest BCUT2D eigenvalue weighted by Gasteiger charge is -2.40. The van der Waals surface area contributed by atoms with E-state index in [1.807, 2.05) is 6.92 Å². The van der Waals surface area contributed by atoms with Crippen LogP contribution in [0.15, 0.2) is 29.2 Å². The second-order valence-corrected chi connectivity index (χ2v) is 9.09. The molecule has 0 aromatic heterocycles. The summed E-state index contributed by atoms with van der Waals surface area (Å²) in [6.45, 7) is 2.82. The minimum Gasteiger partial charge on any atom is -0.339 e. The van der Waals surface area contributed by atoms with Crippen LogP contribution in [0.4, 0.5) is 5.69 Å². The Morgan fingerprint density at radius 2 is 1.78 bits per heavy atom. The third-order valence-corrected chi connectivity index (χ3v) is 7.43. The molecule has 8 nitrogen and oxygen atoms in total. The fourth-order valence-electron chi connectivity index (χ4n) is 4.01. The van der Waals surface area contributed by atoms with E-state index in [1.165, 1.54) is 28.6 Å². The Kier molecular flexibility index (Phi) is 5.81. The zero-order valence-electron chi connectivity index (χ0n) is 15.4. The molecule has 0 aliphatic carbocycles. The fourth-order valence-corrected chi connectivity index (χ4v) is 5.82. The molecular formula is C18H25N3O5S. The minimum absolute atomic E-state index is 0.0868. The van der Waals surface area contributed by atoms with Gasteiger partial charge in [-0.05, 0) is 45.1 Å². The summed E-state index contributed by atoms with van der Waals surface area (Å²) >= 11 is 0. The second kappa shape index (κ2) is 7.93. The topological polar surface area (TPSA) is 101 Å². The van der Waals surface area contributed by atoms with Crippen molar-refractivity contribution in [3.63, 3.8) is 0 Å². The molecule has 2 atom stereocenters. The molecule has 2 aliphatic heterocycles. The highest BCUT2D eigenvalue weighted by Gasteiger charge is 2.42. The molecule has 1 aromatic rings. The Morgan fingerprint density at radius 1 is 1.11 bits per heavy atom. The molecule has 0 N–H and O–H groups in total. The van der Waals surface area contributed by atoms with Crippen LogP contribution in [0.25, 0.3) is 0 Å². The highest BCUT2D eigenvalue weighted by molar-refractivity contribution is 7.89. The first kappa shape index (κ1) is 19.8. The maximum absolute atomic E-state index is 13.2. The molecule has 0 unspecified atom stereocenters. The Balaban J connectivity index is 1.95. The van der Waals surface area contributed by atoms with Crippen molar-refractivity contribution in [2.45, 2.75) is 62.4 Å². The molecule has 2 fully saturated rings. The summed E-state index contributed by atoms with van der Waals surface area (Å²) in [4.78, 5) is 25.2. The number of carbonyl (C=O) groups is 1. The summed E-state index contributed by atoms with van der Waals surface area (Å²) in [6.07, 6.45) is 4.74. The van der Waals surface area contributed by atoms with E-state index in [1.54, 1.807) is 4.90 Å². The van der Waals surface area contributed by atoms with Crippen LogP contribution in [0.2, 0.25) is 0 Å². The van der Waals surface area contributed by atoms with Crippen LogP contribution in [0.5, 0.6) is 0 Å². The number of piperidine rings is 2. The molecule has 1 aromatic carbocycles. The van der Waals surface area contributed by atoms with Gasteiger partial charge in [0.15, 0.2) is 4.90 Å². The Morgan fingerprint density at radius 3 is 2.48 bits per heavy atom. The molecular weight excluding hydrogens is 370 g/mol. The normalized spacial score (nSPS) is 24.6. The summed E-state index contributed by atoms with van der Waals surface area (Å²) < 4.78 is 27.7. The summed E-state index contributed by atoms with van der Waals surface area (Å²) in [7, 11) is -4.14. The van der Waals surface area contributed by atoms with E-state index in [0.29, 0.717) is 19.4 Å². The monoisotopic (exact) mass is 395 g/mol. The molecule has 2 saturated heterocycles. The maximum atomic E-state index is 13.2. The first-order valence-electron chi connectivity index (χ1n) is 9.40. The number of sulfonamides is 1. The lowest BCUT2D eigenvalue weighted by Crippen LogP contribution is -2.55. The van der Waals surface area contributed by atoms with Crippen LogP contribution in [0.1, 0.15) is 45.4 Å². The predicted molar refractivity (Wildman–Crippen MR) is 99.7 cm³/mol. The summed E-state index contributed by atoms with van der Waals surface area (Å²) in [6, 6.07) is 4.62. The van der Waals surface area contributed by atoms with E-state index in [2.05, 4.69) is 0 Å². The number of nitrogens with zero attached hydrogens (tertiary/aromatic N) is 3. The van der Waals surface area contributed by atoms with Crippen LogP contribution in [-0.2, 0) is 14.8 Å². The van der Waals surface area contributed by atoms with Crippen molar-refractivity contribution in [3.8, 4) is 0 Å². The van der Waals surface area contributed by atoms with Crippen LogP contribution >= 0.6 is 0 Å². The van der Waals surface area contributed by atoms with Crippen molar-refractivity contribution < 1.29 is 18.1 Å². The number of hydrogen-bond donors (Lipinski definition) is 0. The van der Waals surface area contributed by atoms with Gasteiger partial charge in [-0.3, -0.25) is 14.9 Å². The van der Waals surface area contributed by atoms with E-state index < -0.39 is 26.7 Å². The molecule has 0 bridgehead atoms. The lowest BCUT2D eigenvalue weighted by molar-refractivity contribution is -0.387. The van der Waals surface area contributed by atoms with E-state index >= 15 is 0 Å². The first-order valence-corrected chi connectivity index (χ1v) is 10.8. The smallest absolute Gasteiger partial charge is 0.289 e. The van der Waals surface area contributed by atoms with Crippen molar-refractivity contribution in [1.82, 2.24) is 9.21 Å². The molecule has 1 amide bonds. The SMILES string of the molecule is C[C@H]1CCCCN1C(=O)[C@H]1CCCCN1S(=O)(=O)c1ccccc1[N+](=O)[O-]. The van der Waals surface area contributed by atoms with Crippen molar-refractivity contribution in [2.75, 3.05) is 13.1 Å². The van der Waals surface area contributed by atoms with Crippen LogP contribution in [-0.4, -0.2) is 53.6 Å². The van der Waals surface area contributed by atoms with Gasteiger partial charge in [0, 0.05) is 25.2 Å². The fraction of sp³-hybridized carbons (Fsp3) is 0.611. The molecule has 2 aliphatic rings. The van der Waals surface area contributed by atoms with Crippen molar-refractivity contribution in [1.29, 1.82) is 0 Å². The Bertz CT molecular complexity index is 826. The lowest BCUT2D eigenvalue weighted by atomic mass is 9.99. The standard InChI is InChI=1S/C18H25N3O5S/c1-14-8-4-6-12-19(14)18(22)16-10-5-7-13-20(16)27(25,26)17-11-3-2-9-15(17)21(23)24/h2-3,9,11,14,16H,4-8,10,12-13H2,1H3/t14-,16+/m0/s1. The van der Waals surface area contributed by atoms with Crippen molar-refractivity contribution >= 4 is 21.6 Å². The maximum Gasteiger partial charge on any atom is 0.289 e. The van der Waals surface area contributed by atoms with E-state index in [-0.39, 0.29) is 23.4 Å². The predicted octanol–water partition coefficient (Wildman–Crippen LogP) is 2.54. The average Bonchev–Trinajstić information content (AvgIpc) is 2.68. The average molecular weight is 395 g/mol. The molecule has 148 valence electrons. The number of benzene rings is 1. The molecule has 2 heterocycles. The number of likely N-dealkylation sites (tertiary alicyclic amines) is 1. The number of nitro groups is 1. The number of hydrogen-bond acceptors (Lipinski definition) is 5. The molecule has 9 heteroatoms. The van der Waals surface area contributed by atoms with Crippen LogP contribution < -0.4 is 0 Å². The molecule has 0 radical (unpaired) electrons. The minimum atomic E-state index is -4.14. The van der Waals surface area contributed by atoms with Crippen LogP contribution in [0.3, 0.4) is 0 Å². The zero-order chi connectivity index (χ0) is 19.6. The van der Waals surface area contributed by atoms with Gasteiger partial charge in [0.1, 0.15) is 6.04 Å². The third kappa shape index (κ3) is 3.84. The number of carbonyl (C=O) groups excluding carboxylic acids is 1. The van der Waals surface area contributed by atoms with Gasteiger partial charge in [0.2, 0.25) is 5.91 Å². The van der Waals surface area contributed by atoms with Crippen LogP contribution in [0, 0.1) is 10.1 Å². The van der Waals surface area contributed by atoms with E-state index in [9.17, 15) is 23.3 Å². The van der Waals surface area contributed by atoms with Gasteiger partial charge in [-0.15, -0.1) is 0 Å². The Labute approximate surface area is 159 Å². The zero-order valence-corrected chi connectivity index (χ0v) is 16.2. The number of nitro benzene ring substituents is 1. The number of amides is 1. The molecule has 3 rings (SSSR count). The van der Waals surface area contributed by atoms with Gasteiger partial charge in [-0.1, -0.05) is 18.6 Å².